The summed E-state index contributed by atoms with van der Waals surface area (Å²) in [6.45, 7) is 4.31. The number of carboxylic acids is 1. The fourth-order valence-corrected chi connectivity index (χ4v) is 4.24. The number of phenols is 1. The minimum absolute atomic E-state index is 0.0671. The predicted molar refractivity (Wildman–Crippen MR) is 142 cm³/mol. The molecule has 0 fully saturated rings. The quantitative estimate of drug-likeness (QED) is 0.454. The summed E-state index contributed by atoms with van der Waals surface area (Å²) in [5.41, 5.74) is 4.25. The zero-order valence-electron chi connectivity index (χ0n) is 22.0. The van der Waals surface area contributed by atoms with Gasteiger partial charge in [-0.2, -0.15) is 0 Å². The van der Waals surface area contributed by atoms with Gasteiger partial charge in [0.05, 0.1) is 34.0 Å². The van der Waals surface area contributed by atoms with Crippen molar-refractivity contribution in [3.05, 3.63) is 76.9 Å². The van der Waals surface area contributed by atoms with Gasteiger partial charge >= 0.3 is 5.97 Å². The first-order valence-electron chi connectivity index (χ1n) is 11.7. The number of aromatic carboxylic acids is 1. The highest BCUT2D eigenvalue weighted by molar-refractivity contribution is 6.04. The second kappa shape index (κ2) is 11.7. The Hall–Kier alpha value is -4.20. The molecule has 8 heteroatoms. The number of nitrogens with zero attached hydrogens (tertiary/aromatic N) is 1. The highest BCUT2D eigenvalue weighted by Crippen LogP contribution is 2.37. The van der Waals surface area contributed by atoms with Gasteiger partial charge in [0.2, 0.25) is 0 Å². The molecule has 0 aliphatic carbocycles. The van der Waals surface area contributed by atoms with E-state index in [1.165, 1.54) is 17.7 Å². The van der Waals surface area contributed by atoms with Crippen LogP contribution in [0.4, 0.5) is 0 Å². The molecule has 1 aliphatic heterocycles. The maximum Gasteiger partial charge on any atom is 0.339 e. The fraction of sp³-hybridized carbons (Fsp3) is 0.310. The summed E-state index contributed by atoms with van der Waals surface area (Å²) in [6, 6.07) is 15.9. The number of hydrogen-bond donors (Lipinski definition) is 2. The predicted octanol–water partition coefficient (Wildman–Crippen LogP) is 5.18. The molecule has 0 saturated heterocycles. The van der Waals surface area contributed by atoms with Gasteiger partial charge in [0, 0.05) is 17.7 Å². The molecular weight excluding hydrogens is 474 g/mol. The van der Waals surface area contributed by atoms with Gasteiger partial charge in [0.25, 0.3) is 0 Å². The van der Waals surface area contributed by atoms with Crippen LogP contribution >= 0.6 is 0 Å². The van der Waals surface area contributed by atoms with E-state index in [2.05, 4.69) is 19.9 Å². The zero-order chi connectivity index (χ0) is 27.2. The van der Waals surface area contributed by atoms with E-state index in [4.69, 9.17) is 34.2 Å². The molecule has 0 bridgehead atoms. The van der Waals surface area contributed by atoms with E-state index < -0.39 is 5.97 Å². The molecule has 0 atom stereocenters. The molecule has 1 aliphatic rings. The van der Waals surface area contributed by atoms with Crippen molar-refractivity contribution in [2.45, 2.75) is 32.2 Å². The van der Waals surface area contributed by atoms with E-state index in [0.717, 1.165) is 46.3 Å². The molecule has 2 N–H and O–H groups in total. The molecule has 196 valence electrons. The molecule has 3 aromatic carbocycles. The molecule has 0 aromatic heterocycles. The molecule has 37 heavy (non-hydrogen) atoms. The molecule has 0 amide bonds. The highest BCUT2D eigenvalue weighted by Gasteiger charge is 2.28. The van der Waals surface area contributed by atoms with Gasteiger partial charge < -0.3 is 29.2 Å². The van der Waals surface area contributed by atoms with Gasteiger partial charge in [-0.1, -0.05) is 18.2 Å². The second-order valence-electron chi connectivity index (χ2n) is 9.10. The Morgan fingerprint density at radius 1 is 0.865 bits per heavy atom. The van der Waals surface area contributed by atoms with Crippen LogP contribution in [-0.4, -0.2) is 55.9 Å². The van der Waals surface area contributed by atoms with Crippen molar-refractivity contribution < 1.29 is 34.0 Å². The number of benzene rings is 3. The number of carbonyl (C=O) groups is 1. The van der Waals surface area contributed by atoms with Gasteiger partial charge in [0.15, 0.2) is 23.0 Å². The smallest absolute Gasteiger partial charge is 0.339 e. The summed E-state index contributed by atoms with van der Waals surface area (Å²) in [6.07, 6.45) is 1.56. The minimum Gasteiger partial charge on any atom is -0.507 e. The maximum atomic E-state index is 10.3. The van der Waals surface area contributed by atoms with E-state index in [9.17, 15) is 4.79 Å². The second-order valence-corrected chi connectivity index (χ2v) is 9.10. The number of fused-ring (bicyclic) bond motifs is 1. The van der Waals surface area contributed by atoms with Crippen LogP contribution in [0.25, 0.3) is 0 Å². The number of para-hydroxylation sites is 1. The van der Waals surface area contributed by atoms with E-state index >= 15 is 0 Å². The third-order valence-electron chi connectivity index (χ3n) is 5.93. The molecule has 1 heterocycles. The Kier molecular flexibility index (Phi) is 8.65. The van der Waals surface area contributed by atoms with Crippen molar-refractivity contribution in [2.75, 3.05) is 28.4 Å². The summed E-state index contributed by atoms with van der Waals surface area (Å²) < 4.78 is 21.8. The number of aliphatic imine (C=N–C) groups is 1. The van der Waals surface area contributed by atoms with Crippen LogP contribution in [0, 0.1) is 0 Å². The maximum absolute atomic E-state index is 10.3. The van der Waals surface area contributed by atoms with Crippen molar-refractivity contribution in [1.82, 2.24) is 0 Å². The molecule has 8 nitrogen and oxygen atoms in total. The van der Waals surface area contributed by atoms with Gasteiger partial charge in [-0.3, -0.25) is 4.99 Å². The number of carboxylic acid groups (broad SMARTS) is 1. The lowest BCUT2D eigenvalue weighted by atomic mass is 9.85. The van der Waals surface area contributed by atoms with E-state index in [-0.39, 0.29) is 16.9 Å². The fourth-order valence-electron chi connectivity index (χ4n) is 4.24. The van der Waals surface area contributed by atoms with Gasteiger partial charge in [-0.25, -0.2) is 4.79 Å². The summed E-state index contributed by atoms with van der Waals surface area (Å²) in [5.74, 6) is 1.60. The first-order valence-corrected chi connectivity index (χ1v) is 11.7. The Morgan fingerprint density at radius 3 is 2.03 bits per heavy atom. The molecule has 0 saturated carbocycles. The summed E-state index contributed by atoms with van der Waals surface area (Å²) in [5, 5.41) is 17.3. The van der Waals surface area contributed by atoms with E-state index in [0.29, 0.717) is 6.42 Å². The van der Waals surface area contributed by atoms with Gasteiger partial charge in [-0.05, 0) is 67.8 Å². The molecule has 0 unspecified atom stereocenters. The Balaban J connectivity index is 0.000000319. The lowest BCUT2D eigenvalue weighted by molar-refractivity contribution is 0.0693. The van der Waals surface area contributed by atoms with Crippen molar-refractivity contribution >= 4 is 11.7 Å². The van der Waals surface area contributed by atoms with Crippen LogP contribution in [-0.2, 0) is 12.8 Å². The molecule has 0 spiro atoms. The standard InChI is InChI=1S/C22H27NO4.C7H6O3/c1-22(2)13-15-11-20(26-5)21(27-6)12-16(15)17(23-22)9-14-7-8-18(24-3)19(10-14)25-4;8-6-4-2-1-3-5(6)7(9)10/h7-8,10-12H,9,13H2,1-6H3;1-4,8H,(H,9,10). The lowest BCUT2D eigenvalue weighted by Crippen LogP contribution is -2.30. The Morgan fingerprint density at radius 2 is 1.46 bits per heavy atom. The summed E-state index contributed by atoms with van der Waals surface area (Å²) in [4.78, 5) is 15.3. The Labute approximate surface area is 217 Å². The third-order valence-corrected chi connectivity index (χ3v) is 5.93. The highest BCUT2D eigenvalue weighted by atomic mass is 16.5. The largest absolute Gasteiger partial charge is 0.507 e. The molecule has 0 radical (unpaired) electrons. The zero-order valence-corrected chi connectivity index (χ0v) is 22.0. The average molecular weight is 508 g/mol. The average Bonchev–Trinajstić information content (AvgIpc) is 2.87. The van der Waals surface area contributed by atoms with Crippen LogP contribution in [0.5, 0.6) is 28.7 Å². The topological polar surface area (TPSA) is 107 Å². The SMILES string of the molecule is COc1ccc(CC2=NC(C)(C)Cc3cc(OC)c(OC)cc32)cc1OC.O=C(O)c1ccccc1O. The van der Waals surface area contributed by atoms with E-state index in [1.807, 2.05) is 24.3 Å². The van der Waals surface area contributed by atoms with Gasteiger partial charge in [-0.15, -0.1) is 0 Å². The van der Waals surface area contributed by atoms with Crippen molar-refractivity contribution in [2.24, 2.45) is 4.99 Å². The number of hydrogen-bond acceptors (Lipinski definition) is 7. The monoisotopic (exact) mass is 507 g/mol. The van der Waals surface area contributed by atoms with E-state index in [1.54, 1.807) is 40.6 Å². The van der Waals surface area contributed by atoms with Crippen molar-refractivity contribution in [1.29, 1.82) is 0 Å². The minimum atomic E-state index is -1.11. The number of ether oxygens (including phenoxy) is 4. The van der Waals surface area contributed by atoms with Crippen LogP contribution in [0.2, 0.25) is 0 Å². The van der Waals surface area contributed by atoms with Crippen LogP contribution in [0.1, 0.15) is 40.9 Å². The molecule has 4 rings (SSSR count). The Bertz CT molecular complexity index is 1300. The third kappa shape index (κ3) is 6.52. The van der Waals surface area contributed by atoms with Crippen molar-refractivity contribution in [3.63, 3.8) is 0 Å². The van der Waals surface area contributed by atoms with Crippen LogP contribution < -0.4 is 18.9 Å². The lowest BCUT2D eigenvalue weighted by Gasteiger charge is -2.30. The first-order chi connectivity index (χ1) is 17.6. The number of aromatic hydroxyl groups is 1. The van der Waals surface area contributed by atoms with Crippen LogP contribution in [0.3, 0.4) is 0 Å². The molecule has 3 aromatic rings. The van der Waals surface area contributed by atoms with Crippen LogP contribution in [0.15, 0.2) is 59.6 Å². The first kappa shape index (κ1) is 27.4. The number of methoxy groups -OCH3 is 4. The summed E-state index contributed by atoms with van der Waals surface area (Å²) in [7, 11) is 6.61. The number of rotatable bonds is 7. The normalized spacial score (nSPS) is 13.3. The van der Waals surface area contributed by atoms with Gasteiger partial charge in [0.1, 0.15) is 11.3 Å². The molecular formula is C29H33NO7. The summed E-state index contributed by atoms with van der Waals surface area (Å²) >= 11 is 0. The van der Waals surface area contributed by atoms with Crippen molar-refractivity contribution in [3.8, 4) is 28.7 Å².